The molecular weight excluding hydrogens is 529 g/mol. The van der Waals surface area contributed by atoms with Crippen LogP contribution in [0.25, 0.3) is 50.2 Å². The Labute approximate surface area is 226 Å². The van der Waals surface area contributed by atoms with Gasteiger partial charge >= 0.3 is 6.18 Å². The lowest BCUT2D eigenvalue weighted by Crippen LogP contribution is -2.01. The summed E-state index contributed by atoms with van der Waals surface area (Å²) >= 11 is 0. The van der Waals surface area contributed by atoms with Crippen molar-refractivity contribution in [3.05, 3.63) is 125 Å². The first-order valence-corrected chi connectivity index (χ1v) is 12.4. The largest absolute Gasteiger partial charge is 0.409 e. The molecule has 0 aliphatic rings. The summed E-state index contributed by atoms with van der Waals surface area (Å²) in [5.74, 6) is -3.98. The van der Waals surface area contributed by atoms with Crippen LogP contribution in [0.2, 0.25) is 0 Å². The topological polar surface area (TPSA) is 0 Å². The van der Waals surface area contributed by atoms with Gasteiger partial charge in [0.05, 0.1) is 0 Å². The number of alkyl halides is 3. The number of benzene rings is 5. The maximum absolute atomic E-state index is 15.5. The first kappa shape index (κ1) is 27.2. The minimum absolute atomic E-state index is 0.142. The molecule has 0 aromatic heterocycles. The van der Waals surface area contributed by atoms with Crippen molar-refractivity contribution in [1.29, 1.82) is 0 Å². The van der Waals surface area contributed by atoms with E-state index in [0.717, 1.165) is 35.7 Å². The molecule has 0 atom stereocenters. The fraction of sp³-hybridized carbons (Fsp3) is 0.0909. The fourth-order valence-corrected chi connectivity index (χ4v) is 4.62. The Bertz CT molecular complexity index is 1720. The standard InChI is InChI=1S/C33H21F7/c1-2-19-3-5-20(6-4-19)21-7-11-26-22(15-21)9-12-27(32(26)37)23-8-10-25(29(34)16-23)24-17-30(35)28(31(36)18-24)13-14-33(38,39)40/h3-18H,2H2,1H3/b14-13+. The van der Waals surface area contributed by atoms with E-state index in [9.17, 15) is 22.0 Å². The summed E-state index contributed by atoms with van der Waals surface area (Å²) in [6.45, 7) is 2.07. The first-order valence-electron chi connectivity index (χ1n) is 12.4. The van der Waals surface area contributed by atoms with Crippen LogP contribution in [-0.2, 0) is 6.42 Å². The van der Waals surface area contributed by atoms with E-state index in [2.05, 4.69) is 6.92 Å². The van der Waals surface area contributed by atoms with Gasteiger partial charge < -0.3 is 0 Å². The molecular formula is C33H21F7. The van der Waals surface area contributed by atoms with E-state index in [4.69, 9.17) is 0 Å². The normalized spacial score (nSPS) is 12.0. The zero-order chi connectivity index (χ0) is 28.6. The van der Waals surface area contributed by atoms with E-state index in [1.165, 1.54) is 23.8 Å². The first-order chi connectivity index (χ1) is 19.0. The molecule has 202 valence electrons. The molecule has 0 aliphatic heterocycles. The monoisotopic (exact) mass is 550 g/mol. The maximum atomic E-state index is 15.5. The van der Waals surface area contributed by atoms with Gasteiger partial charge in [0.2, 0.25) is 0 Å². The van der Waals surface area contributed by atoms with Crippen LogP contribution in [0, 0.1) is 23.3 Å². The summed E-state index contributed by atoms with van der Waals surface area (Å²) in [5.41, 5.74) is 2.21. The molecule has 0 bridgehead atoms. The lowest BCUT2D eigenvalue weighted by Gasteiger charge is -2.12. The average molecular weight is 551 g/mol. The Hall–Kier alpha value is -4.39. The lowest BCUT2D eigenvalue weighted by atomic mass is 9.95. The predicted octanol–water partition coefficient (Wildman–Crippen LogP) is 10.5. The highest BCUT2D eigenvalue weighted by molar-refractivity contribution is 5.91. The smallest absolute Gasteiger partial charge is 0.206 e. The Morgan fingerprint density at radius 1 is 0.600 bits per heavy atom. The molecule has 0 N–H and O–H groups in total. The quantitative estimate of drug-likeness (QED) is 0.191. The minimum atomic E-state index is -4.75. The molecule has 40 heavy (non-hydrogen) atoms. The number of hydrogen-bond donors (Lipinski definition) is 0. The van der Waals surface area contributed by atoms with Gasteiger partial charge in [-0.05, 0) is 70.0 Å². The summed E-state index contributed by atoms with van der Waals surface area (Å²) in [6.07, 6.45) is -3.83. The molecule has 0 nitrogen and oxygen atoms in total. The maximum Gasteiger partial charge on any atom is 0.409 e. The second-order valence-corrected chi connectivity index (χ2v) is 9.34. The van der Waals surface area contributed by atoms with Gasteiger partial charge in [-0.3, -0.25) is 0 Å². The highest BCUT2D eigenvalue weighted by Crippen LogP contribution is 2.35. The predicted molar refractivity (Wildman–Crippen MR) is 145 cm³/mol. The highest BCUT2D eigenvalue weighted by atomic mass is 19.4. The van der Waals surface area contributed by atoms with Crippen LogP contribution in [-0.4, -0.2) is 6.18 Å². The van der Waals surface area contributed by atoms with Gasteiger partial charge in [-0.2, -0.15) is 13.2 Å². The highest BCUT2D eigenvalue weighted by Gasteiger charge is 2.23. The molecule has 0 amide bonds. The Kier molecular flexibility index (Phi) is 7.23. The molecule has 5 aromatic rings. The van der Waals surface area contributed by atoms with Crippen molar-refractivity contribution in [2.45, 2.75) is 19.5 Å². The number of fused-ring (bicyclic) bond motifs is 1. The molecule has 0 saturated heterocycles. The average Bonchev–Trinajstić information content (AvgIpc) is 2.92. The Morgan fingerprint density at radius 2 is 1.20 bits per heavy atom. The van der Waals surface area contributed by atoms with Crippen LogP contribution in [0.5, 0.6) is 0 Å². The van der Waals surface area contributed by atoms with Crippen molar-refractivity contribution in [3.8, 4) is 33.4 Å². The second kappa shape index (κ2) is 10.6. The van der Waals surface area contributed by atoms with E-state index in [0.29, 0.717) is 10.8 Å². The van der Waals surface area contributed by atoms with Gasteiger partial charge in [0, 0.05) is 28.2 Å². The number of rotatable bonds is 5. The minimum Gasteiger partial charge on any atom is -0.206 e. The lowest BCUT2D eigenvalue weighted by molar-refractivity contribution is -0.0790. The molecule has 0 saturated carbocycles. The van der Waals surface area contributed by atoms with E-state index in [1.54, 1.807) is 12.1 Å². The zero-order valence-corrected chi connectivity index (χ0v) is 21.1. The molecule has 0 fully saturated rings. The summed E-state index contributed by atoms with van der Waals surface area (Å²) in [6, 6.07) is 22.0. The molecule has 0 heterocycles. The van der Waals surface area contributed by atoms with Gasteiger partial charge in [-0.25, -0.2) is 17.6 Å². The summed E-state index contributed by atoms with van der Waals surface area (Å²) in [5, 5.41) is 1.02. The number of halogens is 7. The van der Waals surface area contributed by atoms with Crippen molar-refractivity contribution in [1.82, 2.24) is 0 Å². The van der Waals surface area contributed by atoms with Crippen molar-refractivity contribution in [2.75, 3.05) is 0 Å². The molecule has 0 spiro atoms. The van der Waals surface area contributed by atoms with E-state index < -0.39 is 35.0 Å². The molecule has 0 unspecified atom stereocenters. The number of allylic oxidation sites excluding steroid dienone is 1. The summed E-state index contributed by atoms with van der Waals surface area (Å²) in [4.78, 5) is 0. The fourth-order valence-electron chi connectivity index (χ4n) is 4.62. The zero-order valence-electron chi connectivity index (χ0n) is 21.1. The Morgan fingerprint density at radius 3 is 1.82 bits per heavy atom. The van der Waals surface area contributed by atoms with Crippen LogP contribution in [0.15, 0.2) is 91.0 Å². The SMILES string of the molecule is CCc1ccc(-c2ccc3c(F)c(-c4ccc(-c5cc(F)c(/C=C/C(F)(F)F)c(F)c5)c(F)c4)ccc3c2)cc1. The third kappa shape index (κ3) is 5.50. The van der Waals surface area contributed by atoms with Crippen molar-refractivity contribution >= 4 is 16.8 Å². The molecule has 5 aromatic carbocycles. The third-order valence-electron chi connectivity index (χ3n) is 6.76. The van der Waals surface area contributed by atoms with E-state index >= 15 is 8.78 Å². The second-order valence-electron chi connectivity index (χ2n) is 9.34. The van der Waals surface area contributed by atoms with Crippen molar-refractivity contribution in [3.63, 3.8) is 0 Å². The van der Waals surface area contributed by atoms with Gasteiger partial charge in [0.15, 0.2) is 0 Å². The molecule has 5 rings (SSSR count). The van der Waals surface area contributed by atoms with E-state index in [1.807, 2.05) is 36.4 Å². The van der Waals surface area contributed by atoms with Gasteiger partial charge in [-0.15, -0.1) is 0 Å². The third-order valence-corrected chi connectivity index (χ3v) is 6.76. The molecule has 0 radical (unpaired) electrons. The number of aryl methyl sites for hydroxylation is 1. The van der Waals surface area contributed by atoms with E-state index in [-0.39, 0.29) is 34.4 Å². The Balaban J connectivity index is 1.47. The van der Waals surface area contributed by atoms with Crippen molar-refractivity contribution < 1.29 is 30.7 Å². The molecule has 0 aliphatic carbocycles. The summed E-state index contributed by atoms with van der Waals surface area (Å²) < 4.78 is 96.6. The van der Waals surface area contributed by atoms with Crippen molar-refractivity contribution in [2.24, 2.45) is 0 Å². The van der Waals surface area contributed by atoms with Gasteiger partial charge in [0.25, 0.3) is 0 Å². The van der Waals surface area contributed by atoms with Gasteiger partial charge in [0.1, 0.15) is 23.3 Å². The molecule has 7 heteroatoms. The number of hydrogen-bond acceptors (Lipinski definition) is 0. The van der Waals surface area contributed by atoms with Crippen LogP contribution in [0.3, 0.4) is 0 Å². The summed E-state index contributed by atoms with van der Waals surface area (Å²) in [7, 11) is 0. The van der Waals surface area contributed by atoms with Crippen LogP contribution in [0.4, 0.5) is 30.7 Å². The van der Waals surface area contributed by atoms with Crippen LogP contribution in [0.1, 0.15) is 18.1 Å². The van der Waals surface area contributed by atoms with Crippen LogP contribution < -0.4 is 0 Å². The van der Waals surface area contributed by atoms with Crippen LogP contribution >= 0.6 is 0 Å². The van der Waals surface area contributed by atoms with Gasteiger partial charge in [-0.1, -0.05) is 67.6 Å².